The average molecular weight is 223 g/mol. The lowest BCUT2D eigenvalue weighted by Gasteiger charge is -2.21. The third-order valence-corrected chi connectivity index (χ3v) is 2.91. The third kappa shape index (κ3) is 4.03. The van der Waals surface area contributed by atoms with Crippen LogP contribution < -0.4 is 5.14 Å². The first kappa shape index (κ1) is 13.3. The summed E-state index contributed by atoms with van der Waals surface area (Å²) >= 11 is 0. The van der Waals surface area contributed by atoms with Crippen molar-refractivity contribution in [1.29, 1.82) is 0 Å². The first-order valence-electron chi connectivity index (χ1n) is 4.34. The Kier molecular flexibility index (Phi) is 5.03. The summed E-state index contributed by atoms with van der Waals surface area (Å²) in [5.74, 6) is -0.244. The van der Waals surface area contributed by atoms with Crippen molar-refractivity contribution in [3.8, 4) is 0 Å². The van der Waals surface area contributed by atoms with E-state index in [4.69, 9.17) is 5.14 Å². The molecule has 0 atom stereocenters. The van der Waals surface area contributed by atoms with Crippen LogP contribution >= 0.6 is 0 Å². The average Bonchev–Trinajstić information content (AvgIpc) is 2.04. The summed E-state index contributed by atoms with van der Waals surface area (Å²) in [7, 11) is -2.49. The van der Waals surface area contributed by atoms with Crippen LogP contribution in [0.3, 0.4) is 0 Å². The molecule has 0 radical (unpaired) electrons. The largest absolute Gasteiger partial charge is 0.342 e. The van der Waals surface area contributed by atoms with Crippen molar-refractivity contribution in [2.24, 2.45) is 5.14 Å². The number of carbonyl (C=O) groups excluding carboxylic acids is 1. The maximum Gasteiger partial charge on any atom is 0.277 e. The monoisotopic (exact) mass is 223 g/mol. The van der Waals surface area contributed by atoms with Gasteiger partial charge in [-0.1, -0.05) is 0 Å². The zero-order valence-electron chi connectivity index (χ0n) is 8.73. The standard InChI is InChI=1S/C7H17N3O3S/c1-4-10(5-2)7(11)6-9(3)14(8,12)13/h4-6H2,1-3H3,(H2,8,12,13). The van der Waals surface area contributed by atoms with Crippen molar-refractivity contribution in [3.63, 3.8) is 0 Å². The molecule has 2 N–H and O–H groups in total. The van der Waals surface area contributed by atoms with Gasteiger partial charge >= 0.3 is 0 Å². The second-order valence-electron chi connectivity index (χ2n) is 2.87. The summed E-state index contributed by atoms with van der Waals surface area (Å²) in [5, 5.41) is 4.84. The Morgan fingerprint density at radius 1 is 1.29 bits per heavy atom. The molecule has 14 heavy (non-hydrogen) atoms. The van der Waals surface area contributed by atoms with Gasteiger partial charge in [-0.3, -0.25) is 4.79 Å². The predicted molar refractivity (Wildman–Crippen MR) is 53.7 cm³/mol. The molecule has 0 aliphatic rings. The molecule has 0 spiro atoms. The summed E-state index contributed by atoms with van der Waals surface area (Å²) in [5.41, 5.74) is 0. The van der Waals surface area contributed by atoms with E-state index in [0.717, 1.165) is 4.31 Å². The van der Waals surface area contributed by atoms with Crippen LogP contribution in [0.2, 0.25) is 0 Å². The van der Waals surface area contributed by atoms with Crippen molar-refractivity contribution < 1.29 is 13.2 Å². The number of likely N-dealkylation sites (N-methyl/N-ethyl adjacent to an activating group) is 2. The molecule has 0 aliphatic carbocycles. The summed E-state index contributed by atoms with van der Waals surface area (Å²) < 4.78 is 22.4. The molecule has 6 nitrogen and oxygen atoms in total. The molecular weight excluding hydrogens is 206 g/mol. The van der Waals surface area contributed by atoms with Crippen molar-refractivity contribution in [3.05, 3.63) is 0 Å². The van der Waals surface area contributed by atoms with Gasteiger partial charge in [0, 0.05) is 20.1 Å². The summed E-state index contributed by atoms with van der Waals surface area (Å²) in [6.07, 6.45) is 0. The SMILES string of the molecule is CCN(CC)C(=O)CN(C)S(N)(=O)=O. The van der Waals surface area contributed by atoms with Gasteiger partial charge in [0.25, 0.3) is 10.2 Å². The highest BCUT2D eigenvalue weighted by Gasteiger charge is 2.18. The van der Waals surface area contributed by atoms with E-state index in [1.807, 2.05) is 13.8 Å². The number of hydrogen-bond donors (Lipinski definition) is 1. The van der Waals surface area contributed by atoms with Gasteiger partial charge in [-0.25, -0.2) is 5.14 Å². The molecule has 0 aromatic carbocycles. The van der Waals surface area contributed by atoms with E-state index in [9.17, 15) is 13.2 Å². The molecule has 0 unspecified atom stereocenters. The third-order valence-electron chi connectivity index (χ3n) is 1.91. The highest BCUT2D eigenvalue weighted by Crippen LogP contribution is 1.94. The zero-order chi connectivity index (χ0) is 11.4. The number of hydrogen-bond acceptors (Lipinski definition) is 3. The van der Waals surface area contributed by atoms with Crippen LogP contribution in [0, 0.1) is 0 Å². The predicted octanol–water partition coefficient (Wildman–Crippen LogP) is -1.01. The lowest BCUT2D eigenvalue weighted by Crippen LogP contribution is -2.43. The minimum absolute atomic E-state index is 0.208. The van der Waals surface area contributed by atoms with Crippen molar-refractivity contribution in [2.75, 3.05) is 26.7 Å². The summed E-state index contributed by atoms with van der Waals surface area (Å²) in [6.45, 7) is 4.58. The lowest BCUT2D eigenvalue weighted by atomic mass is 10.4. The van der Waals surface area contributed by atoms with E-state index < -0.39 is 10.2 Å². The molecule has 0 saturated heterocycles. The maximum atomic E-state index is 11.4. The van der Waals surface area contributed by atoms with Gasteiger partial charge in [-0.05, 0) is 13.8 Å². The van der Waals surface area contributed by atoms with Gasteiger partial charge in [0.15, 0.2) is 0 Å². The van der Waals surface area contributed by atoms with E-state index in [1.54, 1.807) is 4.90 Å². The van der Waals surface area contributed by atoms with Crippen molar-refractivity contribution in [1.82, 2.24) is 9.21 Å². The molecule has 0 heterocycles. The van der Waals surface area contributed by atoms with Gasteiger partial charge in [0.2, 0.25) is 5.91 Å². The number of nitrogens with zero attached hydrogens (tertiary/aromatic N) is 2. The molecule has 0 bridgehead atoms. The summed E-state index contributed by atoms with van der Waals surface area (Å²) in [4.78, 5) is 13.0. The second kappa shape index (κ2) is 5.28. The van der Waals surface area contributed by atoms with Crippen LogP contribution in [0.4, 0.5) is 0 Å². The van der Waals surface area contributed by atoms with E-state index in [1.165, 1.54) is 7.05 Å². The van der Waals surface area contributed by atoms with E-state index in [2.05, 4.69) is 0 Å². The molecule has 1 amide bonds. The van der Waals surface area contributed by atoms with Crippen LogP contribution in [0.25, 0.3) is 0 Å². The van der Waals surface area contributed by atoms with Gasteiger partial charge < -0.3 is 4.90 Å². The first-order valence-corrected chi connectivity index (χ1v) is 5.85. The minimum atomic E-state index is -3.76. The Balaban J connectivity index is 4.33. The molecule has 7 heteroatoms. The fourth-order valence-electron chi connectivity index (χ4n) is 0.957. The highest BCUT2D eigenvalue weighted by molar-refractivity contribution is 7.86. The number of nitrogens with two attached hydrogens (primary N) is 1. The van der Waals surface area contributed by atoms with Gasteiger partial charge in [0.1, 0.15) is 0 Å². The number of amides is 1. The molecule has 0 aliphatic heterocycles. The Morgan fingerprint density at radius 2 is 1.71 bits per heavy atom. The van der Waals surface area contributed by atoms with E-state index >= 15 is 0 Å². The van der Waals surface area contributed by atoms with Crippen molar-refractivity contribution in [2.45, 2.75) is 13.8 Å². The molecule has 0 aromatic rings. The van der Waals surface area contributed by atoms with E-state index in [0.29, 0.717) is 13.1 Å². The Labute approximate surface area is 84.8 Å². The fraction of sp³-hybridized carbons (Fsp3) is 0.857. The quantitative estimate of drug-likeness (QED) is 0.648. The zero-order valence-corrected chi connectivity index (χ0v) is 9.54. The minimum Gasteiger partial charge on any atom is -0.342 e. The first-order chi connectivity index (χ1) is 6.32. The van der Waals surface area contributed by atoms with Crippen LogP contribution in [-0.4, -0.2) is 50.2 Å². The van der Waals surface area contributed by atoms with Gasteiger partial charge in [-0.15, -0.1) is 0 Å². The molecule has 0 aromatic heterocycles. The second-order valence-corrected chi connectivity index (χ2v) is 4.52. The number of carbonyl (C=O) groups is 1. The lowest BCUT2D eigenvalue weighted by molar-refractivity contribution is -0.130. The maximum absolute atomic E-state index is 11.4. The van der Waals surface area contributed by atoms with Gasteiger partial charge in [-0.2, -0.15) is 12.7 Å². The smallest absolute Gasteiger partial charge is 0.277 e. The topological polar surface area (TPSA) is 83.7 Å². The highest BCUT2D eigenvalue weighted by atomic mass is 32.2. The molecular formula is C7H17N3O3S. The normalized spacial score (nSPS) is 11.8. The van der Waals surface area contributed by atoms with Crippen LogP contribution in [-0.2, 0) is 15.0 Å². The Hall–Kier alpha value is -0.660. The number of rotatable bonds is 5. The fourth-order valence-corrected chi connectivity index (χ4v) is 1.25. The van der Waals surface area contributed by atoms with Crippen LogP contribution in [0.15, 0.2) is 0 Å². The molecule has 84 valence electrons. The van der Waals surface area contributed by atoms with E-state index in [-0.39, 0.29) is 12.5 Å². The van der Waals surface area contributed by atoms with Crippen molar-refractivity contribution >= 4 is 16.1 Å². The van der Waals surface area contributed by atoms with Gasteiger partial charge in [0.05, 0.1) is 6.54 Å². The molecule has 0 saturated carbocycles. The Morgan fingerprint density at radius 3 is 2.00 bits per heavy atom. The van der Waals surface area contributed by atoms with Crippen LogP contribution in [0.1, 0.15) is 13.8 Å². The summed E-state index contributed by atoms with van der Waals surface area (Å²) in [6, 6.07) is 0. The molecule has 0 rings (SSSR count). The Bertz CT molecular complexity index is 285. The van der Waals surface area contributed by atoms with Crippen LogP contribution in [0.5, 0.6) is 0 Å². The molecule has 0 fully saturated rings.